The van der Waals surface area contributed by atoms with Gasteiger partial charge in [0.05, 0.1) is 16.3 Å². The fourth-order valence-electron chi connectivity index (χ4n) is 3.30. The van der Waals surface area contributed by atoms with E-state index < -0.39 is 0 Å². The van der Waals surface area contributed by atoms with E-state index in [1.54, 1.807) is 10.8 Å². The van der Waals surface area contributed by atoms with Crippen molar-refractivity contribution in [2.24, 2.45) is 5.92 Å². The smallest absolute Gasteiger partial charge is 0.200 e. The van der Waals surface area contributed by atoms with Gasteiger partial charge in [-0.1, -0.05) is 13.0 Å². The van der Waals surface area contributed by atoms with E-state index in [-0.39, 0.29) is 11.7 Å². The Balaban J connectivity index is 1.65. The summed E-state index contributed by atoms with van der Waals surface area (Å²) < 4.78 is 1.73. The highest BCUT2D eigenvalue weighted by atomic mass is 32.1. The number of nitrogens with zero attached hydrogens (tertiary/aromatic N) is 5. The van der Waals surface area contributed by atoms with Crippen molar-refractivity contribution in [3.05, 3.63) is 40.5 Å². The first-order valence-corrected chi connectivity index (χ1v) is 9.17. The van der Waals surface area contributed by atoms with Gasteiger partial charge in [-0.15, -0.1) is 21.5 Å². The highest BCUT2D eigenvalue weighted by Crippen LogP contribution is 2.29. The van der Waals surface area contributed by atoms with E-state index in [2.05, 4.69) is 33.2 Å². The quantitative estimate of drug-likeness (QED) is 0.683. The molecule has 0 bridgehead atoms. The average molecular weight is 341 g/mol. The van der Waals surface area contributed by atoms with Gasteiger partial charge in [0.25, 0.3) is 0 Å². The molecule has 0 N–H and O–H groups in total. The van der Waals surface area contributed by atoms with Crippen LogP contribution in [0.2, 0.25) is 0 Å². The molecule has 1 aliphatic heterocycles. The van der Waals surface area contributed by atoms with Crippen LogP contribution in [0.15, 0.2) is 29.9 Å². The second-order valence-corrected chi connectivity index (χ2v) is 7.05. The zero-order valence-electron chi connectivity index (χ0n) is 13.6. The zero-order chi connectivity index (χ0) is 16.5. The monoisotopic (exact) mass is 341 g/mol. The van der Waals surface area contributed by atoms with Crippen LogP contribution < -0.4 is 4.90 Å². The number of fused-ring (bicyclic) bond motifs is 1. The van der Waals surface area contributed by atoms with Crippen LogP contribution >= 0.6 is 11.3 Å². The number of rotatable bonds is 4. The van der Waals surface area contributed by atoms with Gasteiger partial charge in [-0.2, -0.15) is 9.61 Å². The Morgan fingerprint density at radius 2 is 2.38 bits per heavy atom. The van der Waals surface area contributed by atoms with Gasteiger partial charge in [0.15, 0.2) is 5.78 Å². The minimum atomic E-state index is 0.0404. The molecule has 1 atom stereocenters. The predicted molar refractivity (Wildman–Crippen MR) is 93.7 cm³/mol. The number of carbonyl (C=O) groups is 1. The Morgan fingerprint density at radius 3 is 3.17 bits per heavy atom. The van der Waals surface area contributed by atoms with Gasteiger partial charge >= 0.3 is 0 Å². The second-order valence-electron chi connectivity index (χ2n) is 6.10. The van der Waals surface area contributed by atoms with E-state index in [0.29, 0.717) is 0 Å². The molecule has 1 saturated heterocycles. The maximum absolute atomic E-state index is 12.7. The van der Waals surface area contributed by atoms with Crippen molar-refractivity contribution in [3.8, 4) is 0 Å². The van der Waals surface area contributed by atoms with E-state index in [4.69, 9.17) is 0 Å². The molecule has 7 heteroatoms. The minimum Gasteiger partial charge on any atom is -0.368 e. The number of Topliss-reactive ketones (excluding diaryl/α,β-unsaturated/α-hetero) is 1. The molecule has 0 aromatic carbocycles. The normalized spacial score (nSPS) is 18.2. The van der Waals surface area contributed by atoms with Gasteiger partial charge in [0, 0.05) is 19.0 Å². The lowest BCUT2D eigenvalue weighted by Crippen LogP contribution is -2.39. The standard InChI is InChI=1S/C17H19N5OS/c1-2-13-9-14(17-19-18-11-22(17)20-13)21-7-3-5-12(10-21)16(23)15-6-4-8-24-15/h4,6,8-9,11-12H,2-3,5,7,10H2,1H3. The highest BCUT2D eigenvalue weighted by Gasteiger charge is 2.28. The largest absolute Gasteiger partial charge is 0.368 e. The number of thiophene rings is 1. The molecule has 124 valence electrons. The van der Waals surface area contributed by atoms with Gasteiger partial charge in [0.2, 0.25) is 5.65 Å². The second kappa shape index (κ2) is 6.32. The molecule has 0 radical (unpaired) electrons. The van der Waals surface area contributed by atoms with Gasteiger partial charge < -0.3 is 4.90 Å². The molecule has 1 unspecified atom stereocenters. The van der Waals surface area contributed by atoms with Gasteiger partial charge in [0.1, 0.15) is 6.33 Å². The van der Waals surface area contributed by atoms with E-state index in [1.807, 2.05) is 17.5 Å². The van der Waals surface area contributed by atoms with E-state index >= 15 is 0 Å². The van der Waals surface area contributed by atoms with Gasteiger partial charge in [-0.3, -0.25) is 4.79 Å². The number of aryl methyl sites for hydroxylation is 1. The number of piperidine rings is 1. The maximum atomic E-state index is 12.7. The van der Waals surface area contributed by atoms with Crippen LogP contribution in [0.4, 0.5) is 5.69 Å². The predicted octanol–water partition coefficient (Wildman–Crippen LogP) is 2.85. The molecule has 6 nitrogen and oxygen atoms in total. The third kappa shape index (κ3) is 2.69. The van der Waals surface area contributed by atoms with E-state index in [0.717, 1.165) is 54.3 Å². The summed E-state index contributed by atoms with van der Waals surface area (Å²) in [6.07, 6.45) is 4.44. The SMILES string of the molecule is CCc1cc(N2CCCC(C(=O)c3cccs3)C2)c2nncn2n1. The molecule has 0 aliphatic carbocycles. The fraction of sp³-hybridized carbons (Fsp3) is 0.412. The summed E-state index contributed by atoms with van der Waals surface area (Å²) in [5.41, 5.74) is 2.79. The van der Waals surface area contributed by atoms with Crippen LogP contribution in [-0.2, 0) is 6.42 Å². The topological polar surface area (TPSA) is 63.4 Å². The summed E-state index contributed by atoms with van der Waals surface area (Å²) in [6, 6.07) is 5.95. The van der Waals surface area contributed by atoms with Crippen molar-refractivity contribution in [1.29, 1.82) is 0 Å². The number of carbonyl (C=O) groups excluding carboxylic acids is 1. The molecular weight excluding hydrogens is 322 g/mol. The van der Waals surface area contributed by atoms with Crippen LogP contribution in [0, 0.1) is 5.92 Å². The first-order chi connectivity index (χ1) is 11.8. The van der Waals surface area contributed by atoms with Crippen molar-refractivity contribution in [2.75, 3.05) is 18.0 Å². The Bertz CT molecular complexity index is 857. The fourth-order valence-corrected chi connectivity index (χ4v) is 4.04. The molecule has 1 fully saturated rings. The summed E-state index contributed by atoms with van der Waals surface area (Å²) in [7, 11) is 0. The summed E-state index contributed by atoms with van der Waals surface area (Å²) in [6.45, 7) is 3.75. The Labute approximate surface area is 144 Å². The van der Waals surface area contributed by atoms with Crippen LogP contribution in [-0.4, -0.2) is 38.7 Å². The van der Waals surface area contributed by atoms with Crippen molar-refractivity contribution in [1.82, 2.24) is 19.8 Å². The molecule has 0 amide bonds. The maximum Gasteiger partial charge on any atom is 0.200 e. The molecule has 3 aromatic heterocycles. The molecule has 0 spiro atoms. The molecule has 24 heavy (non-hydrogen) atoms. The lowest BCUT2D eigenvalue weighted by atomic mass is 9.92. The van der Waals surface area contributed by atoms with Gasteiger partial charge in [-0.05, 0) is 36.8 Å². The Kier molecular flexibility index (Phi) is 4.02. The number of aromatic nitrogens is 4. The Morgan fingerprint density at radius 1 is 1.46 bits per heavy atom. The van der Waals surface area contributed by atoms with E-state index in [1.165, 1.54) is 11.3 Å². The van der Waals surface area contributed by atoms with Crippen LogP contribution in [0.25, 0.3) is 5.65 Å². The van der Waals surface area contributed by atoms with Crippen molar-refractivity contribution in [3.63, 3.8) is 0 Å². The minimum absolute atomic E-state index is 0.0404. The zero-order valence-corrected chi connectivity index (χ0v) is 14.4. The van der Waals surface area contributed by atoms with Crippen LogP contribution in [0.1, 0.15) is 35.1 Å². The summed E-state index contributed by atoms with van der Waals surface area (Å²) in [4.78, 5) is 15.8. The first-order valence-electron chi connectivity index (χ1n) is 8.29. The van der Waals surface area contributed by atoms with Crippen molar-refractivity contribution >= 4 is 28.5 Å². The third-order valence-corrected chi connectivity index (χ3v) is 5.44. The van der Waals surface area contributed by atoms with Crippen molar-refractivity contribution < 1.29 is 4.79 Å². The molecular formula is C17H19N5OS. The molecule has 4 heterocycles. The molecule has 4 rings (SSSR count). The number of hydrogen-bond donors (Lipinski definition) is 0. The number of ketones is 1. The summed E-state index contributed by atoms with van der Waals surface area (Å²) in [5.74, 6) is 0.301. The molecule has 1 aliphatic rings. The van der Waals surface area contributed by atoms with Crippen molar-refractivity contribution in [2.45, 2.75) is 26.2 Å². The Hall–Kier alpha value is -2.28. The third-order valence-electron chi connectivity index (χ3n) is 4.56. The van der Waals surface area contributed by atoms with Gasteiger partial charge in [-0.25, -0.2) is 0 Å². The summed E-state index contributed by atoms with van der Waals surface area (Å²) >= 11 is 1.53. The lowest BCUT2D eigenvalue weighted by Gasteiger charge is -2.33. The molecule has 3 aromatic rings. The number of hydrogen-bond acceptors (Lipinski definition) is 6. The van der Waals surface area contributed by atoms with Crippen LogP contribution in [0.3, 0.4) is 0 Å². The lowest BCUT2D eigenvalue weighted by molar-refractivity contribution is 0.0911. The highest BCUT2D eigenvalue weighted by molar-refractivity contribution is 7.12. The van der Waals surface area contributed by atoms with E-state index in [9.17, 15) is 4.79 Å². The average Bonchev–Trinajstić information content (AvgIpc) is 3.31. The first kappa shape index (κ1) is 15.3. The number of anilines is 1. The van der Waals surface area contributed by atoms with Crippen LogP contribution in [0.5, 0.6) is 0 Å². The summed E-state index contributed by atoms with van der Waals surface area (Å²) in [5, 5.41) is 14.7. The molecule has 0 saturated carbocycles.